The lowest BCUT2D eigenvalue weighted by Crippen LogP contribution is -2.53. The number of amides is 2. The second-order valence-corrected chi connectivity index (χ2v) is 11.9. The highest BCUT2D eigenvalue weighted by atomic mass is 35.5. The molecule has 0 radical (unpaired) electrons. The topological polar surface area (TPSA) is 86.8 Å². The number of nitrogens with one attached hydrogen (secondary N) is 1. The van der Waals surface area contributed by atoms with E-state index in [4.69, 9.17) is 11.6 Å². The van der Waals surface area contributed by atoms with Crippen LogP contribution in [0.15, 0.2) is 42.5 Å². The Bertz CT molecular complexity index is 1200. The first-order chi connectivity index (χ1) is 17.0. The number of anilines is 1. The summed E-state index contributed by atoms with van der Waals surface area (Å²) in [5.74, 6) is -0.651. The number of carbonyl (C=O) groups excluding carboxylic acids is 2. The molecule has 1 aliphatic rings. The molecule has 9 heteroatoms. The molecule has 2 amide bonds. The van der Waals surface area contributed by atoms with E-state index < -0.39 is 28.5 Å². The number of halogens is 1. The molecule has 0 saturated heterocycles. The van der Waals surface area contributed by atoms with Gasteiger partial charge < -0.3 is 10.2 Å². The molecule has 0 heterocycles. The van der Waals surface area contributed by atoms with Crippen molar-refractivity contribution in [2.45, 2.75) is 71.5 Å². The lowest BCUT2D eigenvalue weighted by Gasteiger charge is -2.33. The number of sulfonamides is 1. The van der Waals surface area contributed by atoms with Gasteiger partial charge in [-0.3, -0.25) is 13.9 Å². The number of nitrogens with zero attached hydrogens (tertiary/aromatic N) is 2. The summed E-state index contributed by atoms with van der Waals surface area (Å²) >= 11 is 6.25. The molecule has 1 aliphatic carbocycles. The lowest BCUT2D eigenvalue weighted by atomic mass is 10.1. The molecule has 3 rings (SSSR count). The van der Waals surface area contributed by atoms with Crippen molar-refractivity contribution in [1.29, 1.82) is 0 Å². The van der Waals surface area contributed by atoms with Crippen LogP contribution in [0.25, 0.3) is 0 Å². The highest BCUT2D eigenvalue weighted by molar-refractivity contribution is 7.92. The van der Waals surface area contributed by atoms with Gasteiger partial charge >= 0.3 is 0 Å². The Labute approximate surface area is 219 Å². The standard InChI is InChI=1S/C27H36ClN3O4S/c1-5-25(27(33)29-22-11-6-7-12-22)30(17-21-10-8-9-19(2)15-21)26(32)18-31(36(4,34)35)23-14-13-20(3)24(28)16-23/h8-10,13-16,22,25H,5-7,11-12,17-18H2,1-4H3,(H,29,33)/t25-/m0/s1. The predicted octanol–water partition coefficient (Wildman–Crippen LogP) is 4.59. The minimum absolute atomic E-state index is 0.115. The fourth-order valence-corrected chi connectivity index (χ4v) is 5.66. The molecule has 0 aliphatic heterocycles. The molecule has 0 aromatic heterocycles. The third-order valence-corrected chi connectivity index (χ3v) is 8.19. The summed E-state index contributed by atoms with van der Waals surface area (Å²) in [5.41, 5.74) is 3.02. The molecule has 0 spiro atoms. The maximum atomic E-state index is 13.8. The van der Waals surface area contributed by atoms with E-state index in [9.17, 15) is 18.0 Å². The Balaban J connectivity index is 1.93. The van der Waals surface area contributed by atoms with E-state index in [0.29, 0.717) is 17.1 Å². The summed E-state index contributed by atoms with van der Waals surface area (Å²) in [6.45, 7) is 5.41. The van der Waals surface area contributed by atoms with Gasteiger partial charge in [0, 0.05) is 17.6 Å². The first-order valence-electron chi connectivity index (χ1n) is 12.4. The molecule has 1 N–H and O–H groups in total. The van der Waals surface area contributed by atoms with Crippen LogP contribution in [0.3, 0.4) is 0 Å². The number of carbonyl (C=O) groups is 2. The van der Waals surface area contributed by atoms with Gasteiger partial charge in [0.15, 0.2) is 0 Å². The molecule has 0 unspecified atom stereocenters. The van der Waals surface area contributed by atoms with Gasteiger partial charge in [0.2, 0.25) is 21.8 Å². The van der Waals surface area contributed by atoms with Crippen molar-refractivity contribution >= 4 is 39.1 Å². The van der Waals surface area contributed by atoms with Crippen molar-refractivity contribution in [2.24, 2.45) is 0 Å². The summed E-state index contributed by atoms with van der Waals surface area (Å²) in [6, 6.07) is 12.0. The van der Waals surface area contributed by atoms with Crippen LogP contribution in [0.2, 0.25) is 5.02 Å². The average Bonchev–Trinajstić information content (AvgIpc) is 3.31. The second-order valence-electron chi connectivity index (χ2n) is 9.63. The highest BCUT2D eigenvalue weighted by Crippen LogP contribution is 2.26. The Morgan fingerprint density at radius 3 is 2.39 bits per heavy atom. The first-order valence-corrected chi connectivity index (χ1v) is 14.6. The molecule has 2 aromatic carbocycles. The van der Waals surface area contributed by atoms with E-state index in [0.717, 1.165) is 52.9 Å². The van der Waals surface area contributed by atoms with Crippen molar-refractivity contribution in [2.75, 3.05) is 17.1 Å². The van der Waals surface area contributed by atoms with Crippen molar-refractivity contribution in [1.82, 2.24) is 10.2 Å². The number of hydrogen-bond donors (Lipinski definition) is 1. The van der Waals surface area contributed by atoms with Crippen LogP contribution in [0, 0.1) is 13.8 Å². The number of aryl methyl sites for hydroxylation is 2. The Kier molecular flexibility index (Phi) is 9.41. The predicted molar refractivity (Wildman–Crippen MR) is 145 cm³/mol. The minimum atomic E-state index is -3.80. The fraction of sp³-hybridized carbons (Fsp3) is 0.481. The Morgan fingerprint density at radius 2 is 1.81 bits per heavy atom. The number of hydrogen-bond acceptors (Lipinski definition) is 4. The van der Waals surface area contributed by atoms with E-state index in [2.05, 4.69) is 5.32 Å². The van der Waals surface area contributed by atoms with Crippen LogP contribution in [0.1, 0.15) is 55.7 Å². The van der Waals surface area contributed by atoms with Crippen molar-refractivity contribution < 1.29 is 18.0 Å². The summed E-state index contributed by atoms with van der Waals surface area (Å²) in [4.78, 5) is 28.6. The largest absolute Gasteiger partial charge is 0.352 e. The maximum absolute atomic E-state index is 13.8. The number of benzene rings is 2. The van der Waals surface area contributed by atoms with Gasteiger partial charge in [0.05, 0.1) is 11.9 Å². The van der Waals surface area contributed by atoms with E-state index in [-0.39, 0.29) is 18.5 Å². The number of rotatable bonds is 10. The summed E-state index contributed by atoms with van der Waals surface area (Å²) < 4.78 is 26.5. The van der Waals surface area contributed by atoms with E-state index in [1.54, 1.807) is 18.2 Å². The summed E-state index contributed by atoms with van der Waals surface area (Å²) in [6.07, 6.45) is 5.49. The van der Waals surface area contributed by atoms with Crippen LogP contribution in [0.4, 0.5) is 5.69 Å². The molecule has 36 heavy (non-hydrogen) atoms. The molecule has 1 saturated carbocycles. The summed E-state index contributed by atoms with van der Waals surface area (Å²) in [7, 11) is -3.80. The van der Waals surface area contributed by atoms with Gasteiger partial charge in [0.1, 0.15) is 12.6 Å². The highest BCUT2D eigenvalue weighted by Gasteiger charge is 2.33. The smallest absolute Gasteiger partial charge is 0.244 e. The Hall–Kier alpha value is -2.58. The molecule has 0 bridgehead atoms. The average molecular weight is 534 g/mol. The lowest BCUT2D eigenvalue weighted by molar-refractivity contribution is -0.140. The van der Waals surface area contributed by atoms with Gasteiger partial charge in [-0.2, -0.15) is 0 Å². The molecular formula is C27H36ClN3O4S. The molecule has 1 atom stereocenters. The third kappa shape index (κ3) is 7.23. The molecule has 2 aromatic rings. The maximum Gasteiger partial charge on any atom is 0.244 e. The fourth-order valence-electron chi connectivity index (χ4n) is 4.64. The zero-order valence-electron chi connectivity index (χ0n) is 21.5. The molecular weight excluding hydrogens is 498 g/mol. The van der Waals surface area contributed by atoms with Crippen LogP contribution in [0.5, 0.6) is 0 Å². The van der Waals surface area contributed by atoms with Gasteiger partial charge in [-0.15, -0.1) is 0 Å². The Morgan fingerprint density at radius 1 is 1.11 bits per heavy atom. The molecule has 1 fully saturated rings. The van der Waals surface area contributed by atoms with Crippen LogP contribution >= 0.6 is 11.6 Å². The van der Waals surface area contributed by atoms with Crippen molar-refractivity contribution in [3.05, 3.63) is 64.2 Å². The zero-order chi connectivity index (χ0) is 26.5. The third-order valence-electron chi connectivity index (χ3n) is 6.65. The second kappa shape index (κ2) is 12.1. The van der Waals surface area contributed by atoms with Gasteiger partial charge in [0.25, 0.3) is 0 Å². The first kappa shape index (κ1) is 28.0. The van der Waals surface area contributed by atoms with Gasteiger partial charge in [-0.1, -0.05) is 67.3 Å². The van der Waals surface area contributed by atoms with E-state index in [1.165, 1.54) is 4.90 Å². The van der Waals surface area contributed by atoms with Gasteiger partial charge in [-0.25, -0.2) is 8.42 Å². The monoisotopic (exact) mass is 533 g/mol. The van der Waals surface area contributed by atoms with Crippen molar-refractivity contribution in [3.63, 3.8) is 0 Å². The summed E-state index contributed by atoms with van der Waals surface area (Å²) in [5, 5.41) is 3.52. The van der Waals surface area contributed by atoms with Gasteiger partial charge in [-0.05, 0) is 56.4 Å². The quantitative estimate of drug-likeness (QED) is 0.484. The minimum Gasteiger partial charge on any atom is -0.352 e. The molecule has 7 nitrogen and oxygen atoms in total. The zero-order valence-corrected chi connectivity index (χ0v) is 23.0. The normalized spacial score (nSPS) is 14.9. The molecule has 196 valence electrons. The van der Waals surface area contributed by atoms with E-state index >= 15 is 0 Å². The van der Waals surface area contributed by atoms with E-state index in [1.807, 2.05) is 45.0 Å². The SMILES string of the molecule is CC[C@@H](C(=O)NC1CCCC1)N(Cc1cccc(C)c1)C(=O)CN(c1ccc(C)c(Cl)c1)S(C)(=O)=O. The van der Waals surface area contributed by atoms with Crippen molar-refractivity contribution in [3.8, 4) is 0 Å². The van der Waals surface area contributed by atoms with Crippen LogP contribution in [-0.4, -0.2) is 50.0 Å². The van der Waals surface area contributed by atoms with Crippen LogP contribution < -0.4 is 9.62 Å². The van der Waals surface area contributed by atoms with Crippen LogP contribution in [-0.2, 0) is 26.2 Å².